The zero-order valence-electron chi connectivity index (χ0n) is 22.4. The molecule has 0 aliphatic carbocycles. The van der Waals surface area contributed by atoms with E-state index in [1.54, 1.807) is 47.6 Å². The van der Waals surface area contributed by atoms with Gasteiger partial charge in [-0.2, -0.15) is 13.2 Å². The van der Waals surface area contributed by atoms with E-state index in [-0.39, 0.29) is 41.4 Å². The van der Waals surface area contributed by atoms with E-state index in [0.29, 0.717) is 33.5 Å². The maximum Gasteiger partial charge on any atom is 0.418 e. The Morgan fingerprint density at radius 2 is 1.50 bits per heavy atom. The lowest BCUT2D eigenvalue weighted by Gasteiger charge is -2.23. The predicted molar refractivity (Wildman–Crippen MR) is 137 cm³/mol. The van der Waals surface area contributed by atoms with Crippen LogP contribution in [0.5, 0.6) is 0 Å². The van der Waals surface area contributed by atoms with Gasteiger partial charge in [0, 0.05) is 12.7 Å². The van der Waals surface area contributed by atoms with Gasteiger partial charge in [0.25, 0.3) is 0 Å². The average Bonchev–Trinajstić information content (AvgIpc) is 3.31. The molecule has 3 rings (SSSR count). The van der Waals surface area contributed by atoms with E-state index < -0.39 is 24.2 Å². The number of H-pyrrole nitrogens is 1. The first-order valence-corrected chi connectivity index (χ1v) is 12.1. The molecule has 1 aliphatic heterocycles. The second-order valence-electron chi connectivity index (χ2n) is 8.74. The lowest BCUT2D eigenvalue weighted by atomic mass is 9.89. The molecule has 0 bridgehead atoms. The third-order valence-corrected chi connectivity index (χ3v) is 6.54. The maximum absolute atomic E-state index is 14.1. The Kier molecular flexibility index (Phi) is 8.66. The number of benzene rings is 1. The summed E-state index contributed by atoms with van der Waals surface area (Å²) in [5.41, 5.74) is 3.59. The van der Waals surface area contributed by atoms with Crippen LogP contribution in [0.25, 0.3) is 5.57 Å². The van der Waals surface area contributed by atoms with Gasteiger partial charge in [-0.3, -0.25) is 0 Å². The quantitative estimate of drug-likeness (QED) is 0.411. The number of nitrogens with one attached hydrogen (secondary N) is 1. The topological polar surface area (TPSA) is 90.0 Å². The van der Waals surface area contributed by atoms with Crippen molar-refractivity contribution < 1.29 is 37.0 Å². The van der Waals surface area contributed by atoms with Crippen molar-refractivity contribution in [1.82, 2.24) is 4.98 Å². The number of carbonyl (C=O) groups excluding carboxylic acids is 2. The molecule has 2 aromatic rings. The normalized spacial score (nSPS) is 15.9. The summed E-state index contributed by atoms with van der Waals surface area (Å²) >= 11 is 0. The van der Waals surface area contributed by atoms with Crippen LogP contribution in [0.3, 0.4) is 0 Å². The van der Waals surface area contributed by atoms with Crippen LogP contribution in [0.4, 0.5) is 13.2 Å². The molecule has 0 spiro atoms. The summed E-state index contributed by atoms with van der Waals surface area (Å²) in [6, 6.07) is 5.98. The second-order valence-corrected chi connectivity index (χ2v) is 8.74. The number of rotatable bonds is 8. The van der Waals surface area contributed by atoms with Crippen LogP contribution in [0.15, 0.2) is 46.1 Å². The Bertz CT molecular complexity index is 1350. The Balaban J connectivity index is 2.45. The molecule has 1 N–H and O–H groups in total. The van der Waals surface area contributed by atoms with Crippen molar-refractivity contribution in [2.24, 2.45) is 4.99 Å². The van der Waals surface area contributed by atoms with Gasteiger partial charge in [-0.25, -0.2) is 14.6 Å². The van der Waals surface area contributed by atoms with Crippen LogP contribution < -0.4 is 0 Å². The van der Waals surface area contributed by atoms with Gasteiger partial charge in [0.2, 0.25) is 0 Å². The van der Waals surface area contributed by atoms with E-state index in [1.165, 1.54) is 18.2 Å². The first kappa shape index (κ1) is 28.9. The number of aromatic amines is 1. The van der Waals surface area contributed by atoms with E-state index in [1.807, 2.05) is 0 Å². The largest absolute Gasteiger partial charge is 0.461 e. The van der Waals surface area contributed by atoms with E-state index in [0.717, 1.165) is 7.11 Å². The molecule has 10 heteroatoms. The first-order chi connectivity index (χ1) is 17.9. The van der Waals surface area contributed by atoms with Crippen LogP contribution in [0, 0.1) is 13.8 Å². The van der Waals surface area contributed by atoms with Gasteiger partial charge in [-0.1, -0.05) is 24.3 Å². The van der Waals surface area contributed by atoms with Crippen molar-refractivity contribution in [1.29, 1.82) is 0 Å². The van der Waals surface area contributed by atoms with Crippen molar-refractivity contribution >= 4 is 23.2 Å². The standard InChI is InChI=1S/C28H31F3N2O5/c1-8-37-26(34)23-16(5)14(3)21(32-23)20(22-15(4)17(6)24(33-22)27(35)38-9-2)18-12-10-11-13-19(18)25(36-7)28(29,30)31/h10-13,25,32H,8-9H2,1-7H3/b22-20-/t25-/m0/s1. The molecule has 0 saturated carbocycles. The number of alkyl halides is 3. The predicted octanol–water partition coefficient (Wildman–Crippen LogP) is 6.17. The SMILES string of the molecule is CCOC(=O)C1=N/C(=C(/c2ccccc2[C@H](OC)C(F)(F)F)c2[nH]c(C(=O)OCC)c(C)c2C)C(C)=C1C. The van der Waals surface area contributed by atoms with Crippen LogP contribution >= 0.6 is 0 Å². The number of nitrogens with zero attached hydrogens (tertiary/aromatic N) is 1. The van der Waals surface area contributed by atoms with E-state index >= 15 is 0 Å². The van der Waals surface area contributed by atoms with Crippen molar-refractivity contribution in [3.05, 3.63) is 74.8 Å². The Hall–Kier alpha value is -3.66. The molecular weight excluding hydrogens is 501 g/mol. The van der Waals surface area contributed by atoms with Gasteiger partial charge >= 0.3 is 18.1 Å². The first-order valence-electron chi connectivity index (χ1n) is 12.1. The summed E-state index contributed by atoms with van der Waals surface area (Å²) in [5.74, 6) is -1.23. The molecule has 7 nitrogen and oxygen atoms in total. The number of aliphatic imine (C=N–C) groups is 1. The number of hydrogen-bond acceptors (Lipinski definition) is 6. The van der Waals surface area contributed by atoms with Gasteiger partial charge in [0.1, 0.15) is 5.69 Å². The third-order valence-electron chi connectivity index (χ3n) is 6.54. The third kappa shape index (κ3) is 5.31. The fraction of sp³-hybridized carbons (Fsp3) is 0.393. The number of halogens is 3. The summed E-state index contributed by atoms with van der Waals surface area (Å²) in [5, 5.41) is 0. The van der Waals surface area contributed by atoms with Gasteiger partial charge in [-0.05, 0) is 74.9 Å². The number of ether oxygens (including phenoxy) is 3. The monoisotopic (exact) mass is 532 g/mol. The summed E-state index contributed by atoms with van der Waals surface area (Å²) < 4.78 is 57.4. The molecule has 1 atom stereocenters. The van der Waals surface area contributed by atoms with Gasteiger partial charge in [0.15, 0.2) is 11.8 Å². The summed E-state index contributed by atoms with van der Waals surface area (Å²) in [7, 11) is 0.993. The minimum atomic E-state index is -4.70. The van der Waals surface area contributed by atoms with Crippen LogP contribution in [-0.4, -0.2) is 49.1 Å². The molecule has 0 saturated heterocycles. The smallest absolute Gasteiger partial charge is 0.418 e. The lowest BCUT2D eigenvalue weighted by molar-refractivity contribution is -0.216. The maximum atomic E-state index is 14.1. The number of methoxy groups -OCH3 is 1. The van der Waals surface area contributed by atoms with Gasteiger partial charge in [-0.15, -0.1) is 0 Å². The Morgan fingerprint density at radius 3 is 2.08 bits per heavy atom. The highest BCUT2D eigenvalue weighted by Gasteiger charge is 2.43. The number of hydrogen-bond donors (Lipinski definition) is 1. The highest BCUT2D eigenvalue weighted by molar-refractivity contribution is 6.44. The van der Waals surface area contributed by atoms with E-state index in [9.17, 15) is 22.8 Å². The Labute approximate surface area is 219 Å². The van der Waals surface area contributed by atoms with Crippen molar-refractivity contribution in [3.8, 4) is 0 Å². The minimum absolute atomic E-state index is 0.0694. The van der Waals surface area contributed by atoms with E-state index in [4.69, 9.17) is 14.2 Å². The fourth-order valence-electron chi connectivity index (χ4n) is 4.39. The van der Waals surface area contributed by atoms with Crippen LogP contribution in [0.2, 0.25) is 0 Å². The van der Waals surface area contributed by atoms with Gasteiger partial charge < -0.3 is 19.2 Å². The van der Waals surface area contributed by atoms with Crippen molar-refractivity contribution in [2.45, 2.75) is 53.8 Å². The lowest BCUT2D eigenvalue weighted by Crippen LogP contribution is -2.23. The fourth-order valence-corrected chi connectivity index (χ4v) is 4.39. The van der Waals surface area contributed by atoms with Crippen LogP contribution in [-0.2, 0) is 19.0 Å². The molecule has 0 radical (unpaired) electrons. The molecule has 0 unspecified atom stereocenters. The minimum Gasteiger partial charge on any atom is -0.461 e. The average molecular weight is 533 g/mol. The van der Waals surface area contributed by atoms with Crippen molar-refractivity contribution in [2.75, 3.05) is 20.3 Å². The highest BCUT2D eigenvalue weighted by atomic mass is 19.4. The molecule has 38 heavy (non-hydrogen) atoms. The molecule has 1 aliphatic rings. The zero-order chi connectivity index (χ0) is 28.4. The highest BCUT2D eigenvalue weighted by Crippen LogP contribution is 2.44. The second kappa shape index (κ2) is 11.4. The number of esters is 2. The Morgan fingerprint density at radius 1 is 0.921 bits per heavy atom. The van der Waals surface area contributed by atoms with Crippen LogP contribution in [0.1, 0.15) is 72.2 Å². The molecule has 204 valence electrons. The number of allylic oxidation sites excluding steroid dienone is 1. The summed E-state index contributed by atoms with van der Waals surface area (Å²) in [6.07, 6.45) is -6.93. The zero-order valence-corrected chi connectivity index (χ0v) is 22.4. The number of aromatic nitrogens is 1. The van der Waals surface area contributed by atoms with Gasteiger partial charge in [0.05, 0.1) is 24.6 Å². The van der Waals surface area contributed by atoms with E-state index in [2.05, 4.69) is 9.98 Å². The number of carbonyl (C=O) groups is 2. The molecule has 1 aromatic heterocycles. The van der Waals surface area contributed by atoms with Crippen molar-refractivity contribution in [3.63, 3.8) is 0 Å². The molecule has 0 amide bonds. The molecule has 1 aromatic carbocycles. The summed E-state index contributed by atoms with van der Waals surface area (Å²) in [6.45, 7) is 10.5. The molecule has 0 fully saturated rings. The molecule has 2 heterocycles. The summed E-state index contributed by atoms with van der Waals surface area (Å²) in [4.78, 5) is 32.9. The molecular formula is C28H31F3N2O5.